The summed E-state index contributed by atoms with van der Waals surface area (Å²) in [6.45, 7) is 11.0. The predicted molar refractivity (Wildman–Crippen MR) is 119 cm³/mol. The van der Waals surface area contributed by atoms with Crippen molar-refractivity contribution in [1.82, 2.24) is 5.01 Å². The lowest BCUT2D eigenvalue weighted by atomic mass is 10.0. The number of nitrogens with zero attached hydrogens (tertiary/aromatic N) is 3. The molecule has 2 aromatic carbocycles. The third-order valence-corrected chi connectivity index (χ3v) is 5.29. The van der Waals surface area contributed by atoms with Crippen LogP contribution in [0.25, 0.3) is 5.70 Å². The van der Waals surface area contributed by atoms with Gasteiger partial charge in [0.05, 0.1) is 17.9 Å². The van der Waals surface area contributed by atoms with Crippen LogP contribution in [0.1, 0.15) is 35.6 Å². The molecule has 2 aromatic rings. The summed E-state index contributed by atoms with van der Waals surface area (Å²) in [7, 11) is 1.69. The highest BCUT2D eigenvalue weighted by Crippen LogP contribution is 2.40. The second-order valence-corrected chi connectivity index (χ2v) is 6.84. The van der Waals surface area contributed by atoms with Crippen LogP contribution in [-0.2, 0) is 6.54 Å². The maximum Gasteiger partial charge on any atom is 0.125 e. The highest BCUT2D eigenvalue weighted by Gasteiger charge is 2.29. The second-order valence-electron chi connectivity index (χ2n) is 6.35. The Morgan fingerprint density at radius 1 is 1.19 bits per heavy atom. The molecule has 0 saturated heterocycles. The summed E-state index contributed by atoms with van der Waals surface area (Å²) in [6, 6.07) is 14.4. The molecule has 0 amide bonds. The smallest absolute Gasteiger partial charge is 0.125 e. The van der Waals surface area contributed by atoms with E-state index in [0.717, 1.165) is 44.9 Å². The highest BCUT2D eigenvalue weighted by molar-refractivity contribution is 7.80. The Bertz CT molecular complexity index is 928. The van der Waals surface area contributed by atoms with E-state index >= 15 is 0 Å². The quantitative estimate of drug-likeness (QED) is 0.349. The first-order valence-corrected chi connectivity index (χ1v) is 9.28. The van der Waals surface area contributed by atoms with E-state index < -0.39 is 0 Å². The van der Waals surface area contributed by atoms with Crippen molar-refractivity contribution < 1.29 is 0 Å². The first kappa shape index (κ1) is 18.9. The zero-order valence-corrected chi connectivity index (χ0v) is 16.6. The molecule has 1 aliphatic rings. The molecule has 0 aromatic heterocycles. The van der Waals surface area contributed by atoms with E-state index in [-0.39, 0.29) is 0 Å². The Labute approximate surface area is 166 Å². The lowest BCUT2D eigenvalue weighted by Gasteiger charge is -2.29. The molecule has 0 unspecified atom stereocenters. The number of aliphatic imine (C=N–C) groups is 1. The maximum absolute atomic E-state index is 5.87. The number of amidine groups is 1. The Balaban J connectivity index is 1.89. The zero-order valence-electron chi connectivity index (χ0n) is 15.8. The van der Waals surface area contributed by atoms with Crippen molar-refractivity contribution in [2.24, 2.45) is 10.7 Å². The molecular formula is C22H24N4S. The minimum absolute atomic E-state index is 0.534. The van der Waals surface area contributed by atoms with Crippen molar-refractivity contribution in [3.8, 4) is 0 Å². The molecule has 1 aliphatic heterocycles. The van der Waals surface area contributed by atoms with Crippen LogP contribution in [0.15, 0.2) is 66.8 Å². The molecule has 0 bridgehead atoms. The second kappa shape index (κ2) is 7.76. The van der Waals surface area contributed by atoms with Gasteiger partial charge in [0.2, 0.25) is 0 Å². The molecule has 0 aliphatic carbocycles. The van der Waals surface area contributed by atoms with Gasteiger partial charge < -0.3 is 5.73 Å². The van der Waals surface area contributed by atoms with Crippen LogP contribution in [0, 0.1) is 0 Å². The van der Waals surface area contributed by atoms with Gasteiger partial charge in [0, 0.05) is 29.2 Å². The molecule has 0 saturated carbocycles. The molecule has 0 fully saturated rings. The minimum Gasteiger partial charge on any atom is -0.384 e. The molecule has 4 nitrogen and oxygen atoms in total. The van der Waals surface area contributed by atoms with Crippen LogP contribution in [0.5, 0.6) is 0 Å². The van der Waals surface area contributed by atoms with Gasteiger partial charge in [-0.3, -0.25) is 15.0 Å². The maximum atomic E-state index is 5.87. The summed E-state index contributed by atoms with van der Waals surface area (Å²) >= 11 is 5.47. The zero-order chi connectivity index (χ0) is 19.6. The summed E-state index contributed by atoms with van der Waals surface area (Å²) in [6.07, 6.45) is 2.66. The van der Waals surface area contributed by atoms with E-state index in [2.05, 4.69) is 60.4 Å². The van der Waals surface area contributed by atoms with Crippen LogP contribution < -0.4 is 10.7 Å². The van der Waals surface area contributed by atoms with Crippen LogP contribution >= 0.6 is 12.2 Å². The van der Waals surface area contributed by atoms with Crippen LogP contribution in [0.3, 0.4) is 0 Å². The van der Waals surface area contributed by atoms with Gasteiger partial charge >= 0.3 is 0 Å². The Morgan fingerprint density at radius 3 is 2.44 bits per heavy atom. The average molecular weight is 377 g/mol. The number of hydrogen-bond acceptors (Lipinski definition) is 4. The van der Waals surface area contributed by atoms with E-state index in [0.29, 0.717) is 12.4 Å². The summed E-state index contributed by atoms with van der Waals surface area (Å²) in [5, 5.41) is 4.15. The fourth-order valence-corrected chi connectivity index (χ4v) is 3.32. The average Bonchev–Trinajstić information content (AvgIpc) is 2.97. The normalized spacial score (nSPS) is 13.7. The molecule has 0 radical (unpaired) electrons. The molecule has 27 heavy (non-hydrogen) atoms. The molecule has 3 rings (SSSR count). The monoisotopic (exact) mass is 376 g/mol. The largest absolute Gasteiger partial charge is 0.384 e. The Morgan fingerprint density at radius 2 is 1.85 bits per heavy atom. The van der Waals surface area contributed by atoms with Gasteiger partial charge in [0.25, 0.3) is 0 Å². The number of hydrazine groups is 1. The van der Waals surface area contributed by atoms with Gasteiger partial charge in [-0.05, 0) is 29.7 Å². The van der Waals surface area contributed by atoms with Crippen molar-refractivity contribution >= 4 is 34.3 Å². The number of hydrogen-bond donors (Lipinski definition) is 1. The van der Waals surface area contributed by atoms with Gasteiger partial charge in [-0.25, -0.2) is 0 Å². The third kappa shape index (κ3) is 3.51. The van der Waals surface area contributed by atoms with Crippen molar-refractivity contribution in [2.75, 3.05) is 12.1 Å². The molecule has 0 spiro atoms. The molecule has 2 N–H and O–H groups in total. The molecule has 5 heteroatoms. The van der Waals surface area contributed by atoms with Gasteiger partial charge in [0.1, 0.15) is 5.84 Å². The van der Waals surface area contributed by atoms with E-state index in [9.17, 15) is 0 Å². The summed E-state index contributed by atoms with van der Waals surface area (Å²) < 4.78 is 0. The van der Waals surface area contributed by atoms with Crippen molar-refractivity contribution in [1.29, 1.82) is 0 Å². The van der Waals surface area contributed by atoms with E-state index in [4.69, 9.17) is 18.0 Å². The van der Waals surface area contributed by atoms with Crippen molar-refractivity contribution in [3.05, 3.63) is 84.1 Å². The lowest BCUT2D eigenvalue weighted by Crippen LogP contribution is -2.31. The minimum atomic E-state index is 0.534. The van der Waals surface area contributed by atoms with E-state index in [1.54, 1.807) is 7.05 Å². The molecular weight excluding hydrogens is 352 g/mol. The van der Waals surface area contributed by atoms with Crippen LogP contribution in [0.4, 0.5) is 5.69 Å². The van der Waals surface area contributed by atoms with Gasteiger partial charge in [0.15, 0.2) is 0 Å². The standard InChI is InChI=1S/C22H24N4S/c1-5-21(27)18-11-12-20-19(13-18)15(3)26(25(20)6-2)14-16-7-9-17(10-8-16)22(23)24-4/h6-13H,2-3,5,14H2,1,4H3,(H2,23,24). The first-order valence-electron chi connectivity index (χ1n) is 8.87. The van der Waals surface area contributed by atoms with E-state index in [1.807, 2.05) is 23.3 Å². The summed E-state index contributed by atoms with van der Waals surface area (Å²) in [5.41, 5.74) is 12.1. The first-order chi connectivity index (χ1) is 13.0. The molecule has 1 heterocycles. The number of anilines is 1. The van der Waals surface area contributed by atoms with Gasteiger partial charge in [-0.2, -0.15) is 0 Å². The summed E-state index contributed by atoms with van der Waals surface area (Å²) in [4.78, 5) is 4.98. The Kier molecular flexibility index (Phi) is 5.42. The third-order valence-electron chi connectivity index (χ3n) is 4.76. The van der Waals surface area contributed by atoms with E-state index in [1.165, 1.54) is 0 Å². The van der Waals surface area contributed by atoms with Crippen molar-refractivity contribution in [2.45, 2.75) is 19.9 Å². The number of nitrogens with two attached hydrogens (primary N) is 1. The fraction of sp³-hybridized carbons (Fsp3) is 0.182. The predicted octanol–water partition coefficient (Wildman–Crippen LogP) is 4.50. The van der Waals surface area contributed by atoms with Crippen molar-refractivity contribution in [3.63, 3.8) is 0 Å². The van der Waals surface area contributed by atoms with Crippen LogP contribution in [0.2, 0.25) is 0 Å². The number of fused-ring (bicyclic) bond motifs is 1. The number of benzene rings is 2. The lowest BCUT2D eigenvalue weighted by molar-refractivity contribution is 0.411. The summed E-state index contributed by atoms with van der Waals surface area (Å²) in [5.74, 6) is 0.534. The number of thiocarbonyl (C=S) groups is 1. The SMILES string of the molecule is C=CN1c2ccc(C(=S)CC)cc2C(=C)N1Cc1ccc(C(N)=NC)cc1. The fourth-order valence-electron chi connectivity index (χ4n) is 3.20. The number of rotatable bonds is 6. The molecule has 138 valence electrons. The van der Waals surface area contributed by atoms with Gasteiger partial charge in [-0.1, -0.05) is 62.6 Å². The highest BCUT2D eigenvalue weighted by atomic mass is 32.1. The molecule has 0 atom stereocenters. The van der Waals surface area contributed by atoms with Crippen LogP contribution in [-0.4, -0.2) is 22.8 Å². The van der Waals surface area contributed by atoms with Gasteiger partial charge in [-0.15, -0.1) is 0 Å². The topological polar surface area (TPSA) is 44.9 Å². The Hall–Kier alpha value is -2.92.